The molecule has 3 nitrogen and oxygen atoms in total. The van der Waals surface area contributed by atoms with E-state index < -0.39 is 0 Å². The number of hydrogen-bond acceptors (Lipinski definition) is 3. The van der Waals surface area contributed by atoms with E-state index in [9.17, 15) is 0 Å². The van der Waals surface area contributed by atoms with Crippen molar-refractivity contribution < 1.29 is 0 Å². The second kappa shape index (κ2) is 6.62. The Bertz CT molecular complexity index is 578. The first-order valence-electron chi connectivity index (χ1n) is 7.22. The maximum Gasteiger partial charge on any atom is 0.0651 e. The van der Waals surface area contributed by atoms with Crippen molar-refractivity contribution in [2.45, 2.75) is 40.2 Å². The molecule has 106 valence electrons. The highest BCUT2D eigenvalue weighted by molar-refractivity contribution is 5.36. The van der Waals surface area contributed by atoms with Crippen LogP contribution in [0, 0.1) is 20.8 Å². The molecule has 0 radical (unpaired) electrons. The predicted molar refractivity (Wildman–Crippen MR) is 82.8 cm³/mol. The second-order valence-corrected chi connectivity index (χ2v) is 5.33. The van der Waals surface area contributed by atoms with Crippen LogP contribution in [0.25, 0.3) is 0 Å². The fraction of sp³-hybridized carbons (Fsp3) is 0.412. The minimum absolute atomic E-state index is 0.184. The molecule has 0 saturated heterocycles. The van der Waals surface area contributed by atoms with Crippen LogP contribution in [0.15, 0.2) is 30.3 Å². The lowest BCUT2D eigenvalue weighted by Gasteiger charge is -2.21. The van der Waals surface area contributed by atoms with Crippen LogP contribution in [0.1, 0.15) is 47.5 Å². The van der Waals surface area contributed by atoms with E-state index >= 15 is 0 Å². The molecule has 0 aliphatic heterocycles. The SMILES string of the molecule is CCCNC(c1cccc(C)c1)c1cc(C)nnc1C. The van der Waals surface area contributed by atoms with Crippen molar-refractivity contribution in [1.29, 1.82) is 0 Å². The van der Waals surface area contributed by atoms with Gasteiger partial charge in [-0.05, 0) is 50.9 Å². The molecule has 2 rings (SSSR count). The van der Waals surface area contributed by atoms with Crippen molar-refractivity contribution in [1.82, 2.24) is 15.5 Å². The van der Waals surface area contributed by atoms with E-state index in [-0.39, 0.29) is 6.04 Å². The largest absolute Gasteiger partial charge is 0.306 e. The van der Waals surface area contributed by atoms with Gasteiger partial charge in [0.1, 0.15) is 0 Å². The van der Waals surface area contributed by atoms with Crippen molar-refractivity contribution in [2.75, 3.05) is 6.54 Å². The van der Waals surface area contributed by atoms with E-state index in [1.54, 1.807) is 0 Å². The van der Waals surface area contributed by atoms with Gasteiger partial charge in [-0.25, -0.2) is 0 Å². The van der Waals surface area contributed by atoms with Gasteiger partial charge in [0.15, 0.2) is 0 Å². The third-order valence-corrected chi connectivity index (χ3v) is 3.42. The third-order valence-electron chi connectivity index (χ3n) is 3.42. The Labute approximate surface area is 121 Å². The molecule has 2 aromatic rings. The maximum atomic E-state index is 4.27. The van der Waals surface area contributed by atoms with Gasteiger partial charge in [0.25, 0.3) is 0 Å². The number of aromatic nitrogens is 2. The van der Waals surface area contributed by atoms with Crippen LogP contribution >= 0.6 is 0 Å². The minimum Gasteiger partial charge on any atom is -0.306 e. The summed E-state index contributed by atoms with van der Waals surface area (Å²) in [5, 5.41) is 12.0. The van der Waals surface area contributed by atoms with Crippen LogP contribution in [0.4, 0.5) is 0 Å². The second-order valence-electron chi connectivity index (χ2n) is 5.33. The van der Waals surface area contributed by atoms with Crippen molar-refractivity contribution >= 4 is 0 Å². The molecule has 1 heterocycles. The summed E-state index contributed by atoms with van der Waals surface area (Å²) in [5.41, 5.74) is 5.74. The fourth-order valence-corrected chi connectivity index (χ4v) is 2.41. The first-order chi connectivity index (χ1) is 9.61. The highest BCUT2D eigenvalue weighted by Crippen LogP contribution is 2.25. The van der Waals surface area contributed by atoms with Gasteiger partial charge >= 0.3 is 0 Å². The van der Waals surface area contributed by atoms with Crippen LogP contribution in [0.5, 0.6) is 0 Å². The van der Waals surface area contributed by atoms with Gasteiger partial charge in [-0.3, -0.25) is 0 Å². The number of benzene rings is 1. The van der Waals surface area contributed by atoms with Crippen molar-refractivity contribution in [3.63, 3.8) is 0 Å². The number of rotatable bonds is 5. The van der Waals surface area contributed by atoms with Crippen LogP contribution in [0.2, 0.25) is 0 Å². The molecule has 1 aromatic carbocycles. The van der Waals surface area contributed by atoms with E-state index in [0.717, 1.165) is 24.4 Å². The third kappa shape index (κ3) is 3.42. The molecule has 1 aromatic heterocycles. The zero-order valence-corrected chi connectivity index (χ0v) is 12.8. The van der Waals surface area contributed by atoms with Crippen molar-refractivity contribution in [3.05, 3.63) is 58.4 Å². The van der Waals surface area contributed by atoms with Gasteiger partial charge in [0.2, 0.25) is 0 Å². The van der Waals surface area contributed by atoms with Crippen molar-refractivity contribution in [3.8, 4) is 0 Å². The van der Waals surface area contributed by atoms with Gasteiger partial charge < -0.3 is 5.32 Å². The smallest absolute Gasteiger partial charge is 0.0651 e. The van der Waals surface area contributed by atoms with Gasteiger partial charge in [0.05, 0.1) is 17.4 Å². The molecule has 0 amide bonds. The summed E-state index contributed by atoms with van der Waals surface area (Å²) in [5.74, 6) is 0. The molecular weight excluding hydrogens is 246 g/mol. The van der Waals surface area contributed by atoms with Gasteiger partial charge in [-0.1, -0.05) is 36.8 Å². The number of hydrogen-bond donors (Lipinski definition) is 1. The lowest BCUT2D eigenvalue weighted by Crippen LogP contribution is -2.24. The first-order valence-corrected chi connectivity index (χ1v) is 7.22. The average molecular weight is 269 g/mol. The Balaban J connectivity index is 2.44. The predicted octanol–water partition coefficient (Wildman–Crippen LogP) is 3.49. The molecule has 0 aliphatic carbocycles. The van der Waals surface area contributed by atoms with Crippen molar-refractivity contribution in [2.24, 2.45) is 0 Å². The lowest BCUT2D eigenvalue weighted by atomic mass is 9.96. The van der Waals surface area contributed by atoms with Gasteiger partial charge in [-0.15, -0.1) is 0 Å². The Morgan fingerprint density at radius 1 is 1.10 bits per heavy atom. The molecule has 0 bridgehead atoms. The van der Waals surface area contributed by atoms with Crippen LogP contribution in [-0.4, -0.2) is 16.7 Å². The van der Waals surface area contributed by atoms with Gasteiger partial charge in [0, 0.05) is 0 Å². The Morgan fingerprint density at radius 3 is 2.60 bits per heavy atom. The number of aryl methyl sites for hydroxylation is 3. The summed E-state index contributed by atoms with van der Waals surface area (Å²) < 4.78 is 0. The summed E-state index contributed by atoms with van der Waals surface area (Å²) in [6.45, 7) is 9.31. The minimum atomic E-state index is 0.184. The molecule has 0 fully saturated rings. The summed E-state index contributed by atoms with van der Waals surface area (Å²) in [4.78, 5) is 0. The summed E-state index contributed by atoms with van der Waals surface area (Å²) in [7, 11) is 0. The molecule has 20 heavy (non-hydrogen) atoms. The Hall–Kier alpha value is -1.74. The molecule has 0 aliphatic rings. The summed E-state index contributed by atoms with van der Waals surface area (Å²) in [6, 6.07) is 11.0. The molecule has 1 N–H and O–H groups in total. The van der Waals surface area contributed by atoms with Crippen LogP contribution in [-0.2, 0) is 0 Å². The molecule has 1 unspecified atom stereocenters. The number of nitrogens with one attached hydrogen (secondary N) is 1. The average Bonchev–Trinajstić information content (AvgIpc) is 2.43. The van der Waals surface area contributed by atoms with Crippen LogP contribution in [0.3, 0.4) is 0 Å². The molecule has 3 heteroatoms. The van der Waals surface area contributed by atoms with E-state index in [4.69, 9.17) is 0 Å². The highest BCUT2D eigenvalue weighted by atomic mass is 15.1. The Morgan fingerprint density at radius 2 is 1.90 bits per heavy atom. The maximum absolute atomic E-state index is 4.27. The zero-order chi connectivity index (χ0) is 14.5. The first kappa shape index (κ1) is 14.7. The van der Waals surface area contributed by atoms with Crippen LogP contribution < -0.4 is 5.32 Å². The topological polar surface area (TPSA) is 37.8 Å². The quantitative estimate of drug-likeness (QED) is 0.903. The van der Waals surface area contributed by atoms with Gasteiger partial charge in [-0.2, -0.15) is 10.2 Å². The highest BCUT2D eigenvalue weighted by Gasteiger charge is 2.17. The molecular formula is C17H23N3. The lowest BCUT2D eigenvalue weighted by molar-refractivity contribution is 0.591. The molecule has 0 spiro atoms. The number of nitrogens with zero attached hydrogens (tertiary/aromatic N) is 2. The molecule has 1 atom stereocenters. The van der Waals surface area contributed by atoms with E-state index in [0.29, 0.717) is 0 Å². The van der Waals surface area contributed by atoms with E-state index in [2.05, 4.69) is 59.7 Å². The monoisotopic (exact) mass is 269 g/mol. The standard InChI is InChI=1S/C17H23N3/c1-5-9-18-17(15-8-6-7-12(2)10-15)16-11-13(3)19-20-14(16)4/h6-8,10-11,17-18H,5,9H2,1-4H3. The summed E-state index contributed by atoms with van der Waals surface area (Å²) in [6.07, 6.45) is 1.11. The van der Waals surface area contributed by atoms with E-state index in [1.165, 1.54) is 16.7 Å². The Kier molecular flexibility index (Phi) is 4.85. The summed E-state index contributed by atoms with van der Waals surface area (Å²) >= 11 is 0. The molecule has 0 saturated carbocycles. The normalized spacial score (nSPS) is 12.4. The zero-order valence-electron chi connectivity index (χ0n) is 12.8. The fourth-order valence-electron chi connectivity index (χ4n) is 2.41. The van der Waals surface area contributed by atoms with E-state index in [1.807, 2.05) is 13.8 Å².